The Hall–Kier alpha value is -2.63. The number of aromatic nitrogens is 2. The number of aliphatic carboxylic acids is 1. The number of benzene rings is 1. The van der Waals surface area contributed by atoms with Gasteiger partial charge in [-0.3, -0.25) is 9.59 Å². The fraction of sp³-hybridized carbons (Fsp3) is 0.421. The number of carboxylic acids is 1. The highest BCUT2D eigenvalue weighted by atomic mass is 16.4. The van der Waals surface area contributed by atoms with Crippen LogP contribution in [-0.2, 0) is 17.6 Å². The topological polar surface area (TPSA) is 75.4 Å². The number of rotatable bonds is 6. The first-order valence-corrected chi connectivity index (χ1v) is 8.71. The zero-order valence-electron chi connectivity index (χ0n) is 14.6. The number of hydrogen-bond donors (Lipinski definition) is 1. The highest BCUT2D eigenvalue weighted by Gasteiger charge is 2.31. The summed E-state index contributed by atoms with van der Waals surface area (Å²) >= 11 is 0. The van der Waals surface area contributed by atoms with Crippen LogP contribution in [0.25, 0.3) is 5.69 Å². The van der Waals surface area contributed by atoms with Crippen LogP contribution in [0.1, 0.15) is 48.4 Å². The summed E-state index contributed by atoms with van der Waals surface area (Å²) in [6, 6.07) is 9.59. The third-order valence-electron chi connectivity index (χ3n) is 4.82. The van der Waals surface area contributed by atoms with Gasteiger partial charge >= 0.3 is 5.97 Å². The average molecular weight is 341 g/mol. The van der Waals surface area contributed by atoms with Crippen molar-refractivity contribution in [3.05, 3.63) is 47.3 Å². The summed E-state index contributed by atoms with van der Waals surface area (Å²) in [4.78, 5) is 25.7. The Kier molecular flexibility index (Phi) is 4.88. The van der Waals surface area contributed by atoms with Crippen LogP contribution in [0, 0.1) is 0 Å². The molecule has 1 aliphatic carbocycles. The summed E-state index contributed by atoms with van der Waals surface area (Å²) in [5.41, 5.74) is 3.35. The lowest BCUT2D eigenvalue weighted by atomic mass is 10.1. The molecule has 0 radical (unpaired) electrons. The van der Waals surface area contributed by atoms with Crippen molar-refractivity contribution in [2.45, 2.75) is 45.6 Å². The van der Waals surface area contributed by atoms with Gasteiger partial charge in [-0.05, 0) is 44.7 Å². The molecule has 0 saturated heterocycles. The Balaban J connectivity index is 2.02. The van der Waals surface area contributed by atoms with Crippen LogP contribution in [0.15, 0.2) is 30.3 Å². The van der Waals surface area contributed by atoms with Crippen LogP contribution in [0.5, 0.6) is 0 Å². The first kappa shape index (κ1) is 17.2. The van der Waals surface area contributed by atoms with E-state index in [1.165, 1.54) is 4.90 Å². The summed E-state index contributed by atoms with van der Waals surface area (Å²) in [6.07, 6.45) is 3.38. The summed E-state index contributed by atoms with van der Waals surface area (Å²) in [7, 11) is 0. The minimum atomic E-state index is -1.01. The summed E-state index contributed by atoms with van der Waals surface area (Å²) in [6.45, 7) is 3.51. The van der Waals surface area contributed by atoms with Gasteiger partial charge in [0.25, 0.3) is 5.91 Å². The van der Waals surface area contributed by atoms with Crippen molar-refractivity contribution < 1.29 is 14.7 Å². The highest BCUT2D eigenvalue weighted by Crippen LogP contribution is 2.29. The molecule has 1 aromatic carbocycles. The first-order chi connectivity index (χ1) is 12.0. The van der Waals surface area contributed by atoms with Crippen molar-refractivity contribution >= 4 is 11.9 Å². The molecule has 0 bridgehead atoms. The van der Waals surface area contributed by atoms with Gasteiger partial charge in [-0.1, -0.05) is 25.1 Å². The van der Waals surface area contributed by atoms with Crippen molar-refractivity contribution in [2.24, 2.45) is 0 Å². The minimum absolute atomic E-state index is 0.150. The molecular weight excluding hydrogens is 318 g/mol. The number of para-hydroxylation sites is 1. The SMILES string of the molecule is CCC(C)N(CC(=O)O)C(=O)c1nn(-c2ccccc2)c2c1CCC2. The minimum Gasteiger partial charge on any atom is -0.480 e. The number of hydrogen-bond acceptors (Lipinski definition) is 3. The summed E-state index contributed by atoms with van der Waals surface area (Å²) in [5, 5.41) is 13.8. The second kappa shape index (κ2) is 7.09. The van der Waals surface area contributed by atoms with E-state index in [-0.39, 0.29) is 18.5 Å². The third kappa shape index (κ3) is 3.29. The molecular formula is C19H23N3O3. The Labute approximate surface area is 147 Å². The predicted octanol–water partition coefficient (Wildman–Crippen LogP) is 2.69. The van der Waals surface area contributed by atoms with E-state index in [1.54, 1.807) is 0 Å². The monoisotopic (exact) mass is 341 g/mol. The summed E-state index contributed by atoms with van der Waals surface area (Å²) < 4.78 is 1.84. The van der Waals surface area contributed by atoms with Gasteiger partial charge < -0.3 is 10.0 Å². The lowest BCUT2D eigenvalue weighted by Crippen LogP contribution is -2.42. The molecule has 1 heterocycles. The molecule has 1 unspecified atom stereocenters. The van der Waals surface area contributed by atoms with E-state index >= 15 is 0 Å². The van der Waals surface area contributed by atoms with Gasteiger partial charge in [0, 0.05) is 17.3 Å². The second-order valence-electron chi connectivity index (χ2n) is 6.46. The van der Waals surface area contributed by atoms with Gasteiger partial charge in [-0.2, -0.15) is 5.10 Å². The van der Waals surface area contributed by atoms with E-state index in [4.69, 9.17) is 0 Å². The number of amides is 1. The predicted molar refractivity (Wildman–Crippen MR) is 94.0 cm³/mol. The molecule has 6 heteroatoms. The van der Waals surface area contributed by atoms with E-state index in [9.17, 15) is 14.7 Å². The first-order valence-electron chi connectivity index (χ1n) is 8.71. The molecule has 0 fully saturated rings. The smallest absolute Gasteiger partial charge is 0.323 e. The van der Waals surface area contributed by atoms with E-state index in [1.807, 2.05) is 48.9 Å². The van der Waals surface area contributed by atoms with Gasteiger partial charge in [0.15, 0.2) is 5.69 Å². The van der Waals surface area contributed by atoms with Crippen molar-refractivity contribution in [2.75, 3.05) is 6.54 Å². The lowest BCUT2D eigenvalue weighted by Gasteiger charge is -2.26. The van der Waals surface area contributed by atoms with E-state index < -0.39 is 5.97 Å². The largest absolute Gasteiger partial charge is 0.480 e. The normalized spacial score (nSPS) is 14.2. The Morgan fingerprint density at radius 2 is 2.00 bits per heavy atom. The fourth-order valence-corrected chi connectivity index (χ4v) is 3.32. The molecule has 2 aromatic rings. The molecule has 1 aliphatic rings. The van der Waals surface area contributed by atoms with E-state index in [0.717, 1.165) is 36.2 Å². The van der Waals surface area contributed by atoms with Crippen LogP contribution in [-0.4, -0.2) is 44.3 Å². The molecule has 1 aromatic heterocycles. The number of carbonyl (C=O) groups excluding carboxylic acids is 1. The molecule has 0 saturated carbocycles. The number of nitrogens with zero attached hydrogens (tertiary/aromatic N) is 3. The Bertz CT molecular complexity index is 783. The Morgan fingerprint density at radius 1 is 1.28 bits per heavy atom. The zero-order valence-corrected chi connectivity index (χ0v) is 14.6. The summed E-state index contributed by atoms with van der Waals surface area (Å²) in [5.74, 6) is -1.29. The molecule has 1 N–H and O–H groups in total. The number of carboxylic acid groups (broad SMARTS) is 1. The molecule has 0 aliphatic heterocycles. The maximum atomic E-state index is 13.1. The van der Waals surface area contributed by atoms with Gasteiger partial charge in [0.1, 0.15) is 6.54 Å². The highest BCUT2D eigenvalue weighted by molar-refractivity contribution is 5.96. The maximum Gasteiger partial charge on any atom is 0.323 e. The fourth-order valence-electron chi connectivity index (χ4n) is 3.32. The van der Waals surface area contributed by atoms with E-state index in [2.05, 4.69) is 5.10 Å². The standard InChI is InChI=1S/C19H23N3O3/c1-3-13(2)21(12-17(23)24)19(25)18-15-10-7-11-16(15)22(20-18)14-8-5-4-6-9-14/h4-6,8-9,13H,3,7,10-12H2,1-2H3,(H,23,24). The molecule has 25 heavy (non-hydrogen) atoms. The van der Waals surface area contributed by atoms with Crippen LogP contribution in [0.2, 0.25) is 0 Å². The van der Waals surface area contributed by atoms with Crippen LogP contribution >= 0.6 is 0 Å². The van der Waals surface area contributed by atoms with Crippen molar-refractivity contribution in [1.29, 1.82) is 0 Å². The van der Waals surface area contributed by atoms with Gasteiger partial charge in [-0.15, -0.1) is 0 Å². The molecule has 1 amide bonds. The van der Waals surface area contributed by atoms with Gasteiger partial charge in [-0.25, -0.2) is 4.68 Å². The Morgan fingerprint density at radius 3 is 2.64 bits per heavy atom. The van der Waals surface area contributed by atoms with Crippen molar-refractivity contribution in [3.8, 4) is 5.69 Å². The van der Waals surface area contributed by atoms with Gasteiger partial charge in [0.05, 0.1) is 5.69 Å². The average Bonchev–Trinajstić information content (AvgIpc) is 3.21. The molecule has 6 nitrogen and oxygen atoms in total. The zero-order chi connectivity index (χ0) is 18.0. The molecule has 0 spiro atoms. The van der Waals surface area contributed by atoms with E-state index in [0.29, 0.717) is 12.1 Å². The van der Waals surface area contributed by atoms with Crippen LogP contribution in [0.3, 0.4) is 0 Å². The lowest BCUT2D eigenvalue weighted by molar-refractivity contribution is -0.138. The van der Waals surface area contributed by atoms with Crippen molar-refractivity contribution in [1.82, 2.24) is 14.7 Å². The number of carbonyl (C=O) groups is 2. The second-order valence-corrected chi connectivity index (χ2v) is 6.46. The number of fused-ring (bicyclic) bond motifs is 1. The quantitative estimate of drug-likeness (QED) is 0.876. The van der Waals surface area contributed by atoms with Crippen LogP contribution in [0.4, 0.5) is 0 Å². The van der Waals surface area contributed by atoms with Gasteiger partial charge in [0.2, 0.25) is 0 Å². The maximum absolute atomic E-state index is 13.1. The molecule has 3 rings (SSSR count). The van der Waals surface area contributed by atoms with Crippen molar-refractivity contribution in [3.63, 3.8) is 0 Å². The third-order valence-corrected chi connectivity index (χ3v) is 4.82. The molecule has 132 valence electrons. The molecule has 1 atom stereocenters. The van der Waals surface area contributed by atoms with Crippen LogP contribution < -0.4 is 0 Å².